The molecule has 2 aromatic rings. The molecule has 1 aliphatic rings. The van der Waals surface area contributed by atoms with Gasteiger partial charge in [-0.15, -0.1) is 0 Å². The number of ether oxygens (including phenoxy) is 5. The number of nitrogens with zero attached hydrogens (tertiary/aromatic N) is 2. The van der Waals surface area contributed by atoms with Gasteiger partial charge in [0.05, 0.1) is 0 Å². The number of carbonyl (C=O) groups excluding carboxylic acids is 5. The van der Waals surface area contributed by atoms with E-state index in [4.69, 9.17) is 23.7 Å². The summed E-state index contributed by atoms with van der Waals surface area (Å²) in [6, 6.07) is 15.2. The molecule has 0 N–H and O–H groups in total. The zero-order chi connectivity index (χ0) is 41.6. The second kappa shape index (κ2) is 21.7. The summed E-state index contributed by atoms with van der Waals surface area (Å²) in [7, 11) is 2.95. The van der Waals surface area contributed by atoms with Crippen LogP contribution in [-0.4, -0.2) is 96.9 Å². The van der Waals surface area contributed by atoms with E-state index in [0.29, 0.717) is 12.3 Å². The number of esters is 3. The van der Waals surface area contributed by atoms with Crippen molar-refractivity contribution in [3.63, 3.8) is 0 Å². The molecule has 0 spiro atoms. The Labute approximate surface area is 333 Å². The van der Waals surface area contributed by atoms with E-state index >= 15 is 0 Å². The molecule has 1 aliphatic heterocycles. The lowest BCUT2D eigenvalue weighted by atomic mass is 9.90. The van der Waals surface area contributed by atoms with Crippen molar-refractivity contribution in [3.8, 4) is 0 Å². The highest BCUT2D eigenvalue weighted by molar-refractivity contribution is 5.90. The SMILES string of the molecule is CC(C)C[C@@H](C(=O)O[C@H](CCc1ccc(C2CCOCC2)cc1)C(=O)N(C)[C@@H](CC(C)C)C(=O)O[C@H](C)C(=O)OCc1ccccc1)N(C)C(=O)OC(C)(C)C. The molecule has 12 heteroatoms. The van der Waals surface area contributed by atoms with Gasteiger partial charge in [0, 0.05) is 27.3 Å². The summed E-state index contributed by atoms with van der Waals surface area (Å²) in [6.45, 7) is 15.8. The first kappa shape index (κ1) is 45.9. The van der Waals surface area contributed by atoms with Crippen molar-refractivity contribution < 1.29 is 47.7 Å². The fourth-order valence-corrected chi connectivity index (χ4v) is 6.44. The van der Waals surface area contributed by atoms with Crippen molar-refractivity contribution in [2.75, 3.05) is 27.3 Å². The number of aryl methyl sites for hydroxylation is 1. The molecule has 4 atom stereocenters. The Morgan fingerprint density at radius 3 is 1.84 bits per heavy atom. The van der Waals surface area contributed by atoms with Gasteiger partial charge in [-0.05, 0) is 101 Å². The monoisotopic (exact) mass is 780 g/mol. The van der Waals surface area contributed by atoms with E-state index in [1.165, 1.54) is 36.4 Å². The topological polar surface area (TPSA) is 138 Å². The Hall–Kier alpha value is -4.45. The highest BCUT2D eigenvalue weighted by Gasteiger charge is 2.39. The quantitative estimate of drug-likeness (QED) is 0.112. The van der Waals surface area contributed by atoms with Gasteiger partial charge in [-0.2, -0.15) is 0 Å². The normalized spacial score (nSPS) is 15.6. The van der Waals surface area contributed by atoms with Crippen LogP contribution in [0.1, 0.15) is 110 Å². The van der Waals surface area contributed by atoms with Gasteiger partial charge in [0.15, 0.2) is 12.2 Å². The third-order valence-corrected chi connectivity index (χ3v) is 9.65. The maximum Gasteiger partial charge on any atom is 0.410 e. The van der Waals surface area contributed by atoms with Gasteiger partial charge < -0.3 is 28.6 Å². The van der Waals surface area contributed by atoms with Crippen LogP contribution < -0.4 is 0 Å². The summed E-state index contributed by atoms with van der Waals surface area (Å²) >= 11 is 0. The lowest BCUT2D eigenvalue weighted by Gasteiger charge is -2.33. The molecular formula is C44H64N2O10. The van der Waals surface area contributed by atoms with Crippen molar-refractivity contribution in [1.29, 1.82) is 0 Å². The van der Waals surface area contributed by atoms with Crippen LogP contribution in [0.3, 0.4) is 0 Å². The van der Waals surface area contributed by atoms with Crippen LogP contribution in [0.25, 0.3) is 0 Å². The first-order chi connectivity index (χ1) is 26.4. The molecule has 2 amide bonds. The largest absolute Gasteiger partial charge is 0.458 e. The van der Waals surface area contributed by atoms with Crippen molar-refractivity contribution in [3.05, 3.63) is 71.3 Å². The minimum absolute atomic E-state index is 0.00457. The van der Waals surface area contributed by atoms with Gasteiger partial charge in [0.1, 0.15) is 24.3 Å². The van der Waals surface area contributed by atoms with Crippen molar-refractivity contribution in [1.82, 2.24) is 9.80 Å². The first-order valence-corrected chi connectivity index (χ1v) is 19.9. The summed E-state index contributed by atoms with van der Waals surface area (Å²) < 4.78 is 28.1. The van der Waals surface area contributed by atoms with Crippen LogP contribution in [0.5, 0.6) is 0 Å². The number of amides is 2. The summed E-state index contributed by atoms with van der Waals surface area (Å²) in [5.74, 6) is -2.50. The van der Waals surface area contributed by atoms with E-state index in [1.54, 1.807) is 20.8 Å². The molecule has 1 saturated heterocycles. The third-order valence-electron chi connectivity index (χ3n) is 9.65. The van der Waals surface area contributed by atoms with E-state index in [2.05, 4.69) is 12.1 Å². The van der Waals surface area contributed by atoms with Gasteiger partial charge in [0.25, 0.3) is 5.91 Å². The minimum atomic E-state index is -1.31. The fraction of sp³-hybridized carbons (Fsp3) is 0.614. The standard InChI is InChI=1S/C44H64N2O10/c1-29(2)26-36(41(49)54-31(5)40(48)53-28-33-14-12-11-13-15-33)45(9)39(47)38(21-18-32-16-19-34(20-17-32)35-22-24-52-25-23-35)55-42(50)37(27-30(3)4)46(10)43(51)56-44(6,7)8/h11-17,19-20,29-31,35-38H,18,21-28H2,1-10H3/t31-,36+,37+,38-/m1/s1. The molecule has 12 nitrogen and oxygen atoms in total. The summed E-state index contributed by atoms with van der Waals surface area (Å²) in [4.78, 5) is 70.5. The fourth-order valence-electron chi connectivity index (χ4n) is 6.44. The number of rotatable bonds is 18. The van der Waals surface area contributed by atoms with Gasteiger partial charge in [-0.1, -0.05) is 82.3 Å². The molecule has 0 saturated carbocycles. The van der Waals surface area contributed by atoms with Crippen LogP contribution >= 0.6 is 0 Å². The highest BCUT2D eigenvalue weighted by atomic mass is 16.6. The lowest BCUT2D eigenvalue weighted by molar-refractivity contribution is -0.174. The molecule has 0 aromatic heterocycles. The number of carbonyl (C=O) groups is 5. The molecular weight excluding hydrogens is 716 g/mol. The zero-order valence-corrected chi connectivity index (χ0v) is 35.1. The minimum Gasteiger partial charge on any atom is -0.458 e. The van der Waals surface area contributed by atoms with E-state index in [9.17, 15) is 24.0 Å². The molecule has 310 valence electrons. The summed E-state index contributed by atoms with van der Waals surface area (Å²) in [6.07, 6.45) is -0.322. The Bertz CT molecular complexity index is 1560. The number of benzene rings is 2. The second-order valence-electron chi connectivity index (χ2n) is 16.6. The molecule has 56 heavy (non-hydrogen) atoms. The Kier molecular flexibility index (Phi) is 17.8. The maximum atomic E-state index is 14.4. The summed E-state index contributed by atoms with van der Waals surface area (Å²) in [5, 5.41) is 0. The molecule has 1 fully saturated rings. The average Bonchev–Trinajstić information content (AvgIpc) is 3.15. The average molecular weight is 781 g/mol. The maximum absolute atomic E-state index is 14.4. The Morgan fingerprint density at radius 2 is 1.29 bits per heavy atom. The number of hydrogen-bond donors (Lipinski definition) is 0. The van der Waals surface area contributed by atoms with E-state index < -0.39 is 59.8 Å². The van der Waals surface area contributed by atoms with Crippen LogP contribution in [-0.2, 0) is 55.9 Å². The van der Waals surface area contributed by atoms with E-state index in [1.807, 2.05) is 70.2 Å². The van der Waals surface area contributed by atoms with Gasteiger partial charge in [-0.3, -0.25) is 9.69 Å². The lowest BCUT2D eigenvalue weighted by Crippen LogP contribution is -2.52. The van der Waals surface area contributed by atoms with Gasteiger partial charge in [-0.25, -0.2) is 19.2 Å². The van der Waals surface area contributed by atoms with Gasteiger partial charge >= 0.3 is 24.0 Å². The number of likely N-dealkylation sites (N-methyl/N-ethyl adjacent to an activating group) is 2. The predicted molar refractivity (Wildman–Crippen MR) is 212 cm³/mol. The molecule has 0 bridgehead atoms. The molecule has 2 aromatic carbocycles. The molecule has 0 aliphatic carbocycles. The Balaban J connectivity index is 1.85. The molecule has 1 heterocycles. The highest BCUT2D eigenvalue weighted by Crippen LogP contribution is 2.28. The molecule has 0 radical (unpaired) electrons. The molecule has 0 unspecified atom stereocenters. The predicted octanol–water partition coefficient (Wildman–Crippen LogP) is 7.25. The van der Waals surface area contributed by atoms with E-state index in [-0.39, 0.29) is 37.7 Å². The second-order valence-corrected chi connectivity index (χ2v) is 16.6. The van der Waals surface area contributed by atoms with Gasteiger partial charge in [0.2, 0.25) is 0 Å². The summed E-state index contributed by atoms with van der Waals surface area (Å²) in [5.41, 5.74) is 2.16. The van der Waals surface area contributed by atoms with Crippen LogP contribution in [0, 0.1) is 11.8 Å². The van der Waals surface area contributed by atoms with Crippen LogP contribution in [0.15, 0.2) is 54.6 Å². The first-order valence-electron chi connectivity index (χ1n) is 19.9. The third kappa shape index (κ3) is 14.9. The van der Waals surface area contributed by atoms with E-state index in [0.717, 1.165) is 37.2 Å². The zero-order valence-electron chi connectivity index (χ0n) is 35.1. The van der Waals surface area contributed by atoms with Crippen molar-refractivity contribution in [2.24, 2.45) is 11.8 Å². The van der Waals surface area contributed by atoms with Crippen LogP contribution in [0.2, 0.25) is 0 Å². The van der Waals surface area contributed by atoms with Crippen LogP contribution in [0.4, 0.5) is 4.79 Å². The smallest absolute Gasteiger partial charge is 0.410 e. The number of hydrogen-bond acceptors (Lipinski definition) is 10. The van der Waals surface area contributed by atoms with Crippen molar-refractivity contribution in [2.45, 2.75) is 136 Å². The Morgan fingerprint density at radius 1 is 0.732 bits per heavy atom. The molecule has 3 rings (SSSR count). The van der Waals surface area contributed by atoms with Crippen molar-refractivity contribution >= 4 is 29.9 Å².